The molecule has 0 aliphatic carbocycles. The van der Waals surface area contributed by atoms with Crippen LogP contribution in [0.2, 0.25) is 0 Å². The van der Waals surface area contributed by atoms with Crippen molar-refractivity contribution in [1.82, 2.24) is 11.1 Å². The lowest BCUT2D eigenvalue weighted by atomic mass is 10.1. The van der Waals surface area contributed by atoms with Crippen LogP contribution in [-0.4, -0.2) is 24.5 Å². The third kappa shape index (κ3) is 10.0. The van der Waals surface area contributed by atoms with Crippen molar-refractivity contribution >= 4 is 0 Å². The standard InChI is InChI=1S/C12H27N.H3N/c1-4-7-8-9-10-11-12-13(5-2)6-3;/h4-12H2,1-3H3;1H3. The maximum absolute atomic E-state index is 2.51. The molecule has 0 fully saturated rings. The van der Waals surface area contributed by atoms with Crippen molar-refractivity contribution in [3.8, 4) is 0 Å². The van der Waals surface area contributed by atoms with Crippen LogP contribution in [0.3, 0.4) is 0 Å². The van der Waals surface area contributed by atoms with Gasteiger partial charge in [0.1, 0.15) is 0 Å². The number of rotatable bonds is 9. The van der Waals surface area contributed by atoms with Crippen molar-refractivity contribution in [3.05, 3.63) is 0 Å². The number of nitrogens with zero attached hydrogens (tertiary/aromatic N) is 1. The van der Waals surface area contributed by atoms with E-state index in [0.717, 1.165) is 0 Å². The largest absolute Gasteiger partial charge is 0.344 e. The van der Waals surface area contributed by atoms with Gasteiger partial charge in [-0.25, -0.2) is 0 Å². The summed E-state index contributed by atoms with van der Waals surface area (Å²) in [4.78, 5) is 2.51. The Morgan fingerprint density at radius 3 is 1.71 bits per heavy atom. The SMILES string of the molecule is CCCCCCCCN(CC)CC.N. The summed E-state index contributed by atoms with van der Waals surface area (Å²) >= 11 is 0. The van der Waals surface area contributed by atoms with Crippen LogP contribution in [0, 0.1) is 0 Å². The molecule has 0 spiro atoms. The maximum Gasteiger partial charge on any atom is -0.00190 e. The van der Waals surface area contributed by atoms with Gasteiger partial charge in [0.05, 0.1) is 0 Å². The van der Waals surface area contributed by atoms with Gasteiger partial charge in [0.2, 0.25) is 0 Å². The second-order valence-corrected chi connectivity index (χ2v) is 3.79. The molecule has 88 valence electrons. The van der Waals surface area contributed by atoms with Crippen molar-refractivity contribution in [3.63, 3.8) is 0 Å². The molecule has 0 aromatic heterocycles. The Balaban J connectivity index is 0. The molecule has 0 aromatic rings. The number of hydrogen-bond acceptors (Lipinski definition) is 2. The van der Waals surface area contributed by atoms with E-state index in [4.69, 9.17) is 0 Å². The minimum absolute atomic E-state index is 0. The van der Waals surface area contributed by atoms with Crippen molar-refractivity contribution in [2.45, 2.75) is 59.3 Å². The first-order chi connectivity index (χ1) is 6.35. The van der Waals surface area contributed by atoms with Crippen LogP contribution in [0.1, 0.15) is 59.3 Å². The van der Waals surface area contributed by atoms with Gasteiger partial charge in [0, 0.05) is 0 Å². The summed E-state index contributed by atoms with van der Waals surface area (Å²) in [5.74, 6) is 0. The van der Waals surface area contributed by atoms with Gasteiger partial charge in [0.25, 0.3) is 0 Å². The van der Waals surface area contributed by atoms with Gasteiger partial charge in [-0.1, -0.05) is 52.9 Å². The molecule has 0 bridgehead atoms. The molecule has 14 heavy (non-hydrogen) atoms. The highest BCUT2D eigenvalue weighted by molar-refractivity contribution is 4.52. The van der Waals surface area contributed by atoms with E-state index in [0.29, 0.717) is 0 Å². The van der Waals surface area contributed by atoms with E-state index in [-0.39, 0.29) is 6.15 Å². The summed E-state index contributed by atoms with van der Waals surface area (Å²) in [6.07, 6.45) is 8.48. The summed E-state index contributed by atoms with van der Waals surface area (Å²) in [5.41, 5.74) is 0. The molecule has 0 aliphatic rings. The molecule has 3 N–H and O–H groups in total. The molecule has 0 atom stereocenters. The fourth-order valence-electron chi connectivity index (χ4n) is 1.66. The number of unbranched alkanes of at least 4 members (excludes halogenated alkanes) is 5. The van der Waals surface area contributed by atoms with E-state index in [1.807, 2.05) is 0 Å². The Kier molecular flexibility index (Phi) is 15.1. The lowest BCUT2D eigenvalue weighted by Crippen LogP contribution is -2.23. The first-order valence-corrected chi connectivity index (χ1v) is 6.07. The molecular weight excluding hydrogens is 172 g/mol. The Morgan fingerprint density at radius 1 is 0.714 bits per heavy atom. The van der Waals surface area contributed by atoms with Gasteiger partial charge >= 0.3 is 0 Å². The molecule has 0 heterocycles. The predicted octanol–water partition coefficient (Wildman–Crippen LogP) is 3.85. The summed E-state index contributed by atoms with van der Waals surface area (Å²) in [7, 11) is 0. The lowest BCUT2D eigenvalue weighted by molar-refractivity contribution is 0.295. The summed E-state index contributed by atoms with van der Waals surface area (Å²) in [6, 6.07) is 0. The van der Waals surface area contributed by atoms with Crippen LogP contribution in [0.5, 0.6) is 0 Å². The Morgan fingerprint density at radius 2 is 1.21 bits per heavy atom. The fourth-order valence-corrected chi connectivity index (χ4v) is 1.66. The molecule has 0 saturated heterocycles. The lowest BCUT2D eigenvalue weighted by Gasteiger charge is -2.17. The second-order valence-electron chi connectivity index (χ2n) is 3.79. The van der Waals surface area contributed by atoms with Crippen LogP contribution in [0.25, 0.3) is 0 Å². The minimum atomic E-state index is 0. The average molecular weight is 202 g/mol. The van der Waals surface area contributed by atoms with Crippen LogP contribution < -0.4 is 6.15 Å². The first-order valence-electron chi connectivity index (χ1n) is 6.07. The predicted molar refractivity (Wildman–Crippen MR) is 66.2 cm³/mol. The molecular formula is C12H30N2. The molecule has 2 nitrogen and oxygen atoms in total. The molecule has 0 aromatic carbocycles. The van der Waals surface area contributed by atoms with Crippen molar-refractivity contribution in [1.29, 1.82) is 0 Å². The molecule has 0 aliphatic heterocycles. The average Bonchev–Trinajstić information content (AvgIpc) is 2.17. The zero-order valence-corrected chi connectivity index (χ0v) is 10.5. The minimum Gasteiger partial charge on any atom is -0.344 e. The highest BCUT2D eigenvalue weighted by atomic mass is 15.1. The molecule has 0 rings (SSSR count). The third-order valence-corrected chi connectivity index (χ3v) is 2.72. The maximum atomic E-state index is 2.51. The van der Waals surface area contributed by atoms with Gasteiger partial charge in [-0.3, -0.25) is 0 Å². The van der Waals surface area contributed by atoms with E-state index in [9.17, 15) is 0 Å². The molecule has 0 amide bonds. The van der Waals surface area contributed by atoms with Crippen LogP contribution in [0.4, 0.5) is 0 Å². The van der Waals surface area contributed by atoms with Crippen molar-refractivity contribution in [2.24, 2.45) is 0 Å². The van der Waals surface area contributed by atoms with Gasteiger partial charge in [0.15, 0.2) is 0 Å². The zero-order valence-electron chi connectivity index (χ0n) is 10.5. The van der Waals surface area contributed by atoms with Gasteiger partial charge in [-0.2, -0.15) is 0 Å². The summed E-state index contributed by atoms with van der Waals surface area (Å²) in [6.45, 7) is 10.5. The topological polar surface area (TPSA) is 38.2 Å². The van der Waals surface area contributed by atoms with Gasteiger partial charge in [-0.15, -0.1) is 0 Å². The highest BCUT2D eigenvalue weighted by Gasteiger charge is 1.97. The molecule has 2 heteroatoms. The normalized spacial score (nSPS) is 10.3. The van der Waals surface area contributed by atoms with Gasteiger partial charge in [-0.05, 0) is 26.1 Å². The Bertz CT molecular complexity index is 90.3. The highest BCUT2D eigenvalue weighted by Crippen LogP contribution is 2.05. The fraction of sp³-hybridized carbons (Fsp3) is 1.00. The van der Waals surface area contributed by atoms with E-state index >= 15 is 0 Å². The molecule has 0 radical (unpaired) electrons. The molecule has 0 saturated carbocycles. The monoisotopic (exact) mass is 202 g/mol. The van der Waals surface area contributed by atoms with E-state index < -0.39 is 0 Å². The Labute approximate surface area is 90.6 Å². The quantitative estimate of drug-likeness (QED) is 0.577. The Hall–Kier alpha value is -0.0800. The summed E-state index contributed by atoms with van der Waals surface area (Å²) < 4.78 is 0. The van der Waals surface area contributed by atoms with Gasteiger partial charge < -0.3 is 11.1 Å². The van der Waals surface area contributed by atoms with E-state index in [1.165, 1.54) is 58.2 Å². The number of hydrogen-bond donors (Lipinski definition) is 1. The first kappa shape index (κ1) is 16.4. The van der Waals surface area contributed by atoms with Crippen molar-refractivity contribution in [2.75, 3.05) is 19.6 Å². The second kappa shape index (κ2) is 12.9. The smallest absolute Gasteiger partial charge is 0.00190 e. The zero-order chi connectivity index (χ0) is 9.94. The van der Waals surface area contributed by atoms with Crippen molar-refractivity contribution < 1.29 is 0 Å². The van der Waals surface area contributed by atoms with Crippen LogP contribution >= 0.6 is 0 Å². The van der Waals surface area contributed by atoms with Crippen LogP contribution in [-0.2, 0) is 0 Å². The van der Waals surface area contributed by atoms with E-state index in [2.05, 4.69) is 25.7 Å². The summed E-state index contributed by atoms with van der Waals surface area (Å²) in [5, 5.41) is 0. The molecule has 0 unspecified atom stereocenters. The third-order valence-electron chi connectivity index (χ3n) is 2.72. The van der Waals surface area contributed by atoms with Crippen LogP contribution in [0.15, 0.2) is 0 Å². The van der Waals surface area contributed by atoms with E-state index in [1.54, 1.807) is 0 Å².